The lowest BCUT2D eigenvalue weighted by molar-refractivity contribution is 0.186. The Hall–Kier alpha value is -2.28. The molecule has 92 valence electrons. The van der Waals surface area contributed by atoms with Crippen LogP contribution >= 0.6 is 0 Å². The van der Waals surface area contributed by atoms with Gasteiger partial charge in [0.05, 0.1) is 17.5 Å². The molecule has 3 aromatic heterocycles. The second-order valence-electron chi connectivity index (χ2n) is 3.84. The predicted octanol–water partition coefficient (Wildman–Crippen LogP) is 0.0856. The lowest BCUT2D eigenvalue weighted by Crippen LogP contribution is -2.22. The summed E-state index contributed by atoms with van der Waals surface area (Å²) in [5, 5.41) is 4.57. The maximum Gasteiger partial charge on any atom is 0.261 e. The van der Waals surface area contributed by atoms with E-state index in [2.05, 4.69) is 15.1 Å². The van der Waals surface area contributed by atoms with Crippen LogP contribution in [0.4, 0.5) is 0 Å². The van der Waals surface area contributed by atoms with Gasteiger partial charge >= 0.3 is 0 Å². The Labute approximate surface area is 102 Å². The molecule has 0 aliphatic heterocycles. The predicted molar refractivity (Wildman–Crippen MR) is 64.4 cm³/mol. The van der Waals surface area contributed by atoms with Crippen LogP contribution in [0.5, 0.6) is 0 Å². The zero-order valence-corrected chi connectivity index (χ0v) is 9.78. The highest BCUT2D eigenvalue weighted by Crippen LogP contribution is 2.08. The summed E-state index contributed by atoms with van der Waals surface area (Å²) in [6, 6.07) is 1.83. The van der Waals surface area contributed by atoms with E-state index in [9.17, 15) is 4.79 Å². The summed E-state index contributed by atoms with van der Waals surface area (Å²) in [5.74, 6) is 0.483. The van der Waals surface area contributed by atoms with Gasteiger partial charge in [-0.05, 0) is 6.07 Å². The smallest absolute Gasteiger partial charge is 0.261 e. The maximum atomic E-state index is 12.2. The van der Waals surface area contributed by atoms with Gasteiger partial charge in [0.2, 0.25) is 0 Å². The number of pyridine rings is 1. The molecule has 0 aromatic carbocycles. The van der Waals surface area contributed by atoms with Crippen molar-refractivity contribution in [1.82, 2.24) is 24.1 Å². The molecule has 0 aliphatic carbocycles. The highest BCUT2D eigenvalue weighted by Gasteiger charge is 2.07. The molecule has 0 aliphatic rings. The van der Waals surface area contributed by atoms with Crippen molar-refractivity contribution in [2.45, 2.75) is 6.54 Å². The molecule has 18 heavy (non-hydrogen) atoms. The van der Waals surface area contributed by atoms with Gasteiger partial charge in [-0.15, -0.1) is 0 Å². The average molecular weight is 245 g/mol. The van der Waals surface area contributed by atoms with E-state index in [1.165, 1.54) is 12.5 Å². The molecule has 0 N–H and O–H groups in total. The number of fused-ring (bicyclic) bond motifs is 3. The molecule has 0 fully saturated rings. The lowest BCUT2D eigenvalue weighted by Gasteiger charge is -2.06. The van der Waals surface area contributed by atoms with Crippen molar-refractivity contribution in [3.05, 3.63) is 35.1 Å². The summed E-state index contributed by atoms with van der Waals surface area (Å²) in [6.45, 7) is 1.01. The summed E-state index contributed by atoms with van der Waals surface area (Å²) in [5.41, 5.74) is 0.602. The fraction of sp³-hybridized carbons (Fsp3) is 0.273. The number of rotatable bonds is 3. The molecule has 7 nitrogen and oxygen atoms in total. The molecule has 3 aromatic rings. The van der Waals surface area contributed by atoms with Crippen LogP contribution in [0.15, 0.2) is 29.6 Å². The molecule has 3 heterocycles. The van der Waals surface area contributed by atoms with Gasteiger partial charge in [-0.2, -0.15) is 14.6 Å². The molecule has 0 bridgehead atoms. The number of methoxy groups -OCH3 is 1. The van der Waals surface area contributed by atoms with E-state index in [4.69, 9.17) is 4.74 Å². The first-order valence-corrected chi connectivity index (χ1v) is 5.48. The monoisotopic (exact) mass is 245 g/mol. The Bertz CT molecular complexity index is 761. The Kier molecular flexibility index (Phi) is 2.52. The normalized spacial score (nSPS) is 11.4. The lowest BCUT2D eigenvalue weighted by atomic mass is 10.3. The second kappa shape index (κ2) is 4.19. The van der Waals surface area contributed by atoms with E-state index in [1.54, 1.807) is 22.4 Å². The van der Waals surface area contributed by atoms with Gasteiger partial charge in [0.1, 0.15) is 6.33 Å². The van der Waals surface area contributed by atoms with Crippen molar-refractivity contribution in [3.8, 4) is 0 Å². The van der Waals surface area contributed by atoms with E-state index >= 15 is 0 Å². The molecular weight excluding hydrogens is 234 g/mol. The van der Waals surface area contributed by atoms with Gasteiger partial charge in [0.15, 0.2) is 0 Å². The summed E-state index contributed by atoms with van der Waals surface area (Å²) < 4.78 is 8.11. The van der Waals surface area contributed by atoms with E-state index < -0.39 is 0 Å². The minimum atomic E-state index is -0.102. The van der Waals surface area contributed by atoms with Gasteiger partial charge in [-0.25, -0.2) is 4.98 Å². The van der Waals surface area contributed by atoms with Gasteiger partial charge in [-0.3, -0.25) is 4.79 Å². The van der Waals surface area contributed by atoms with Crippen molar-refractivity contribution < 1.29 is 4.74 Å². The molecule has 0 radical (unpaired) electrons. The quantitative estimate of drug-likeness (QED) is 0.653. The van der Waals surface area contributed by atoms with Crippen molar-refractivity contribution in [2.75, 3.05) is 13.7 Å². The Morgan fingerprint density at radius 3 is 3.11 bits per heavy atom. The van der Waals surface area contributed by atoms with Crippen molar-refractivity contribution >= 4 is 16.7 Å². The van der Waals surface area contributed by atoms with Crippen LogP contribution in [0.2, 0.25) is 0 Å². The van der Waals surface area contributed by atoms with Crippen LogP contribution in [0.3, 0.4) is 0 Å². The number of aromatic nitrogens is 5. The van der Waals surface area contributed by atoms with Gasteiger partial charge < -0.3 is 9.30 Å². The largest absolute Gasteiger partial charge is 0.383 e. The molecule has 0 saturated carbocycles. The second-order valence-corrected chi connectivity index (χ2v) is 3.84. The van der Waals surface area contributed by atoms with Crippen LogP contribution in [0.1, 0.15) is 0 Å². The Morgan fingerprint density at radius 2 is 2.28 bits per heavy atom. The average Bonchev–Trinajstić information content (AvgIpc) is 2.86. The Balaban J connectivity index is 2.25. The summed E-state index contributed by atoms with van der Waals surface area (Å²) in [4.78, 5) is 20.3. The van der Waals surface area contributed by atoms with Gasteiger partial charge in [-0.1, -0.05) is 0 Å². The third kappa shape index (κ3) is 1.56. The molecule has 7 heteroatoms. The maximum absolute atomic E-state index is 12.2. The highest BCUT2D eigenvalue weighted by atomic mass is 16.5. The fourth-order valence-electron chi connectivity index (χ4n) is 1.87. The van der Waals surface area contributed by atoms with Crippen LogP contribution < -0.4 is 5.56 Å². The Morgan fingerprint density at radius 1 is 1.39 bits per heavy atom. The van der Waals surface area contributed by atoms with Crippen molar-refractivity contribution in [3.63, 3.8) is 0 Å². The first-order chi connectivity index (χ1) is 8.81. The first kappa shape index (κ1) is 10.8. The summed E-state index contributed by atoms with van der Waals surface area (Å²) >= 11 is 0. The van der Waals surface area contributed by atoms with E-state index in [0.29, 0.717) is 29.8 Å². The third-order valence-electron chi connectivity index (χ3n) is 2.78. The minimum Gasteiger partial charge on any atom is -0.383 e. The molecule has 0 amide bonds. The molecule has 0 unspecified atom stereocenters. The molecular formula is C11H11N5O2. The van der Waals surface area contributed by atoms with Crippen LogP contribution in [-0.4, -0.2) is 37.9 Å². The number of ether oxygens (including phenoxy) is 1. The van der Waals surface area contributed by atoms with Gasteiger partial charge in [0.25, 0.3) is 11.3 Å². The molecule has 0 spiro atoms. The van der Waals surface area contributed by atoms with Gasteiger partial charge in [0, 0.05) is 26.0 Å². The summed E-state index contributed by atoms with van der Waals surface area (Å²) in [7, 11) is 1.60. The number of hydrogen-bond donors (Lipinski definition) is 0. The third-order valence-corrected chi connectivity index (χ3v) is 2.78. The van der Waals surface area contributed by atoms with Crippen LogP contribution in [0.25, 0.3) is 16.7 Å². The molecule has 3 rings (SSSR count). The number of nitrogens with zero attached hydrogens (tertiary/aromatic N) is 5. The summed E-state index contributed by atoms with van der Waals surface area (Å²) in [6.07, 6.45) is 4.67. The topological polar surface area (TPSA) is 74.3 Å². The zero-order valence-electron chi connectivity index (χ0n) is 9.78. The van der Waals surface area contributed by atoms with E-state index in [-0.39, 0.29) is 5.56 Å². The zero-order chi connectivity index (χ0) is 12.5. The standard InChI is InChI=1S/C11H11N5O2/c1-18-5-4-15-3-2-9-8(10(15)17)6-12-11-13-7-14-16(9)11/h2-3,6-7H,4-5H2,1H3. The first-order valence-electron chi connectivity index (χ1n) is 5.48. The van der Waals surface area contributed by atoms with E-state index in [0.717, 1.165) is 0 Å². The minimum absolute atomic E-state index is 0.102. The fourth-order valence-corrected chi connectivity index (χ4v) is 1.87. The van der Waals surface area contributed by atoms with Crippen LogP contribution in [-0.2, 0) is 11.3 Å². The molecule has 0 saturated heterocycles. The molecule has 0 atom stereocenters. The van der Waals surface area contributed by atoms with Crippen molar-refractivity contribution in [2.24, 2.45) is 0 Å². The number of hydrogen-bond acceptors (Lipinski definition) is 5. The van der Waals surface area contributed by atoms with Crippen molar-refractivity contribution in [1.29, 1.82) is 0 Å². The SMILES string of the molecule is COCCn1ccc2c(cnc3ncnn32)c1=O. The van der Waals surface area contributed by atoms with Crippen LogP contribution in [0, 0.1) is 0 Å². The van der Waals surface area contributed by atoms with E-state index in [1.807, 2.05) is 6.07 Å². The highest BCUT2D eigenvalue weighted by molar-refractivity contribution is 5.78.